The summed E-state index contributed by atoms with van der Waals surface area (Å²) in [5, 5.41) is 0. The zero-order valence-electron chi connectivity index (χ0n) is 21.8. The van der Waals surface area contributed by atoms with Gasteiger partial charge in [-0.15, -0.1) is 0 Å². The molecular formula is C35H30N4+4. The Kier molecular flexibility index (Phi) is 5.98. The van der Waals surface area contributed by atoms with Crippen LogP contribution in [0.2, 0.25) is 0 Å². The molecule has 8 aliphatic rings. The molecule has 10 bridgehead atoms. The number of pyridine rings is 4. The van der Waals surface area contributed by atoms with Gasteiger partial charge in [0.25, 0.3) is 0 Å². The van der Waals surface area contributed by atoms with Crippen molar-refractivity contribution in [1.82, 2.24) is 0 Å². The van der Waals surface area contributed by atoms with Crippen molar-refractivity contribution < 1.29 is 18.3 Å². The second kappa shape index (κ2) is 10.1. The van der Waals surface area contributed by atoms with E-state index in [4.69, 9.17) is 0 Å². The second-order valence-corrected chi connectivity index (χ2v) is 10.2. The van der Waals surface area contributed by atoms with Crippen LogP contribution in [0.15, 0.2) is 147 Å². The fourth-order valence-electron chi connectivity index (χ4n) is 5.30. The molecule has 12 heterocycles. The summed E-state index contributed by atoms with van der Waals surface area (Å²) in [6.45, 7) is 2.52. The Hall–Kier alpha value is -4.96. The first kappa shape index (κ1) is 23.2. The number of fused-ring (bicyclic) bond motifs is 1. The van der Waals surface area contributed by atoms with Gasteiger partial charge in [-0.2, -0.15) is 4.57 Å². The highest BCUT2D eigenvalue weighted by Crippen LogP contribution is 2.18. The standard InChI is InChI=1S/C35H30N4/c1-2-4-34-27-38-21-13-31(14-22-38)32-15-23-39(24-16-32)35-7-5-28(6-8-35)25-36-17-9-29(10-18-36)30-11-19-37(20-12-30)26-33(34)3-1/h1-24H,25-27H2/q+4. The molecule has 14 rings (SSSR count). The molecule has 0 saturated carbocycles. The molecule has 0 N–H and O–H groups in total. The monoisotopic (exact) mass is 506 g/mol. The molecule has 0 spiro atoms. The molecule has 0 atom stereocenters. The van der Waals surface area contributed by atoms with E-state index < -0.39 is 0 Å². The van der Waals surface area contributed by atoms with Gasteiger partial charge in [0.05, 0.1) is 0 Å². The number of benzene rings is 2. The van der Waals surface area contributed by atoms with E-state index in [9.17, 15) is 0 Å². The van der Waals surface area contributed by atoms with Gasteiger partial charge in [0.2, 0.25) is 5.69 Å². The Morgan fingerprint density at radius 3 is 1.18 bits per heavy atom. The first-order valence-corrected chi connectivity index (χ1v) is 13.4. The first-order chi connectivity index (χ1) is 19.3. The highest BCUT2D eigenvalue weighted by molar-refractivity contribution is 5.61. The van der Waals surface area contributed by atoms with E-state index in [0.29, 0.717) is 0 Å². The van der Waals surface area contributed by atoms with Gasteiger partial charge in [-0.25, -0.2) is 13.7 Å². The number of rotatable bonds is 0. The number of hydrogen-bond acceptors (Lipinski definition) is 0. The molecule has 4 aromatic heterocycles. The molecule has 0 radical (unpaired) electrons. The first-order valence-electron chi connectivity index (χ1n) is 13.4. The van der Waals surface area contributed by atoms with Gasteiger partial charge in [-0.05, 0) is 34.4 Å². The molecule has 6 aromatic rings. The van der Waals surface area contributed by atoms with Crippen molar-refractivity contribution in [2.75, 3.05) is 0 Å². The van der Waals surface area contributed by atoms with Crippen LogP contribution in [0.25, 0.3) is 27.9 Å². The van der Waals surface area contributed by atoms with Gasteiger partial charge in [0, 0.05) is 77.4 Å². The molecular weight excluding hydrogens is 476 g/mol. The molecule has 0 aliphatic carbocycles. The van der Waals surface area contributed by atoms with E-state index in [1.54, 1.807) is 0 Å². The molecule has 2 aromatic carbocycles. The molecule has 0 unspecified atom stereocenters. The fraction of sp³-hybridized carbons (Fsp3) is 0.0857. The van der Waals surface area contributed by atoms with Gasteiger partial charge in [-0.3, -0.25) is 0 Å². The SMILES string of the molecule is c1ccc2c(c1)C[n+]1ccc(cc1)-c1cc[n+](cc1)Cc1ccc(cc1)-[n+]1ccc(cc1)-c1cc[n+](cc1)C2. The number of aromatic nitrogens is 4. The van der Waals surface area contributed by atoms with Crippen molar-refractivity contribution >= 4 is 0 Å². The number of nitrogens with zero attached hydrogens (tertiary/aromatic N) is 4. The van der Waals surface area contributed by atoms with Crippen LogP contribution in [-0.2, 0) is 19.6 Å². The van der Waals surface area contributed by atoms with Crippen molar-refractivity contribution in [3.05, 3.63) is 163 Å². The maximum Gasteiger partial charge on any atom is 0.210 e. The summed E-state index contributed by atoms with van der Waals surface area (Å²) < 4.78 is 8.90. The summed E-state index contributed by atoms with van der Waals surface area (Å²) in [6.07, 6.45) is 17.3. The highest BCUT2D eigenvalue weighted by atomic mass is 15.0. The molecule has 0 amide bonds. The van der Waals surface area contributed by atoms with Crippen molar-refractivity contribution in [1.29, 1.82) is 0 Å². The lowest BCUT2D eigenvalue weighted by Gasteiger charge is -2.06. The molecule has 4 nitrogen and oxygen atoms in total. The van der Waals surface area contributed by atoms with E-state index in [1.165, 1.54) is 38.9 Å². The van der Waals surface area contributed by atoms with Crippen LogP contribution in [0.5, 0.6) is 0 Å². The Balaban J connectivity index is 1.27. The zero-order valence-corrected chi connectivity index (χ0v) is 21.8. The van der Waals surface area contributed by atoms with Crippen LogP contribution in [-0.4, -0.2) is 0 Å². The van der Waals surface area contributed by atoms with Crippen LogP contribution in [0.4, 0.5) is 0 Å². The van der Waals surface area contributed by atoms with E-state index >= 15 is 0 Å². The summed E-state index contributed by atoms with van der Waals surface area (Å²) in [7, 11) is 0. The minimum atomic E-state index is 0.837. The Bertz CT molecular complexity index is 1720. The van der Waals surface area contributed by atoms with Crippen LogP contribution >= 0.6 is 0 Å². The summed E-state index contributed by atoms with van der Waals surface area (Å²) >= 11 is 0. The predicted octanol–water partition coefficient (Wildman–Crippen LogP) is 4.62. The predicted molar refractivity (Wildman–Crippen MR) is 150 cm³/mol. The van der Waals surface area contributed by atoms with Crippen molar-refractivity contribution in [2.24, 2.45) is 0 Å². The third-order valence-corrected chi connectivity index (χ3v) is 7.59. The summed E-state index contributed by atoms with van der Waals surface area (Å²) in [6, 6.07) is 35.1. The van der Waals surface area contributed by atoms with E-state index in [0.717, 1.165) is 25.3 Å². The van der Waals surface area contributed by atoms with Crippen molar-refractivity contribution in [3.8, 4) is 27.9 Å². The zero-order chi connectivity index (χ0) is 26.0. The molecule has 0 saturated heterocycles. The van der Waals surface area contributed by atoms with E-state index in [2.05, 4.69) is 165 Å². The minimum absolute atomic E-state index is 0.837. The van der Waals surface area contributed by atoms with Crippen LogP contribution in [0.3, 0.4) is 0 Å². The Morgan fingerprint density at radius 2 is 0.744 bits per heavy atom. The highest BCUT2D eigenvalue weighted by Gasteiger charge is 2.14. The largest absolute Gasteiger partial charge is 0.210 e. The smallest absolute Gasteiger partial charge is 0.201 e. The summed E-state index contributed by atoms with van der Waals surface area (Å²) in [5.74, 6) is 0. The van der Waals surface area contributed by atoms with Gasteiger partial charge >= 0.3 is 0 Å². The van der Waals surface area contributed by atoms with Gasteiger partial charge in [0.15, 0.2) is 69.2 Å². The van der Waals surface area contributed by atoms with Crippen molar-refractivity contribution in [2.45, 2.75) is 19.6 Å². The van der Waals surface area contributed by atoms with Crippen LogP contribution in [0.1, 0.15) is 16.7 Å². The van der Waals surface area contributed by atoms with Crippen LogP contribution in [0, 0.1) is 0 Å². The topological polar surface area (TPSA) is 15.5 Å². The van der Waals surface area contributed by atoms with E-state index in [1.807, 2.05) is 0 Å². The number of hydrogen-bond donors (Lipinski definition) is 0. The van der Waals surface area contributed by atoms with Gasteiger partial charge in [-0.1, -0.05) is 24.3 Å². The average molecular weight is 507 g/mol. The minimum Gasteiger partial charge on any atom is -0.201 e. The lowest BCUT2D eigenvalue weighted by atomic mass is 10.1. The van der Waals surface area contributed by atoms with E-state index in [-0.39, 0.29) is 0 Å². The quantitative estimate of drug-likeness (QED) is 0.267. The third-order valence-electron chi connectivity index (χ3n) is 7.59. The molecule has 8 aliphatic heterocycles. The molecule has 186 valence electrons. The molecule has 39 heavy (non-hydrogen) atoms. The van der Waals surface area contributed by atoms with Crippen molar-refractivity contribution in [3.63, 3.8) is 0 Å². The molecule has 4 heteroatoms. The van der Waals surface area contributed by atoms with Gasteiger partial charge in [0.1, 0.15) is 0 Å². The molecule has 0 fully saturated rings. The fourth-order valence-corrected chi connectivity index (χ4v) is 5.30. The normalized spacial score (nSPS) is 12.3. The third kappa shape index (κ3) is 4.97. The Morgan fingerprint density at radius 1 is 0.359 bits per heavy atom. The van der Waals surface area contributed by atoms with Crippen LogP contribution < -0.4 is 18.3 Å². The lowest BCUT2D eigenvalue weighted by Crippen LogP contribution is -2.36. The lowest BCUT2D eigenvalue weighted by molar-refractivity contribution is -0.693. The Labute approximate surface area is 229 Å². The maximum absolute atomic E-state index is 2.26. The second-order valence-electron chi connectivity index (χ2n) is 10.2. The summed E-state index contributed by atoms with van der Waals surface area (Å²) in [5.41, 5.74) is 9.96. The maximum atomic E-state index is 2.26. The van der Waals surface area contributed by atoms with Gasteiger partial charge < -0.3 is 0 Å². The average Bonchev–Trinajstić information content (AvgIpc) is 3.00. The summed E-state index contributed by atoms with van der Waals surface area (Å²) in [4.78, 5) is 0.